The van der Waals surface area contributed by atoms with Crippen molar-refractivity contribution < 1.29 is 18.0 Å². The van der Waals surface area contributed by atoms with Gasteiger partial charge in [0.2, 0.25) is 0 Å². The summed E-state index contributed by atoms with van der Waals surface area (Å²) in [4.78, 5) is 17.7. The summed E-state index contributed by atoms with van der Waals surface area (Å²) in [5, 5.41) is 4.04. The molecule has 3 aromatic rings. The van der Waals surface area contributed by atoms with Gasteiger partial charge in [-0.25, -0.2) is 4.98 Å². The van der Waals surface area contributed by atoms with Crippen LogP contribution in [0.1, 0.15) is 26.5 Å². The molecule has 0 atom stereocenters. The van der Waals surface area contributed by atoms with Crippen molar-refractivity contribution in [2.24, 2.45) is 0 Å². The lowest BCUT2D eigenvalue weighted by molar-refractivity contribution is -0.137. The average Bonchev–Trinajstić information content (AvgIpc) is 3.02. The second-order valence-corrected chi connectivity index (χ2v) is 7.60. The molecule has 3 rings (SSSR count). The highest BCUT2D eigenvalue weighted by Gasteiger charge is 2.34. The van der Waals surface area contributed by atoms with E-state index in [-0.39, 0.29) is 12.1 Å². The minimum Gasteiger partial charge on any atom is -0.352 e. The van der Waals surface area contributed by atoms with Gasteiger partial charge in [-0.05, 0) is 31.2 Å². The molecule has 2 aromatic carbocycles. The molecule has 0 saturated carbocycles. The van der Waals surface area contributed by atoms with E-state index in [1.807, 2.05) is 19.1 Å². The number of nitrogens with zero attached hydrogens (tertiary/aromatic N) is 1. The van der Waals surface area contributed by atoms with Crippen LogP contribution in [0.4, 0.5) is 13.2 Å². The number of aryl methyl sites for hydroxylation is 1. The maximum Gasteiger partial charge on any atom is 0.417 e. The molecule has 0 saturated heterocycles. The van der Waals surface area contributed by atoms with Crippen LogP contribution in [0, 0.1) is 6.92 Å². The zero-order chi connectivity index (χ0) is 20.3. The lowest BCUT2D eigenvalue weighted by Crippen LogP contribution is -2.28. The minimum absolute atomic E-state index is 0.216. The van der Waals surface area contributed by atoms with E-state index in [1.54, 1.807) is 12.1 Å². The Balaban J connectivity index is 1.66. The van der Waals surface area contributed by atoms with E-state index >= 15 is 0 Å². The summed E-state index contributed by atoms with van der Waals surface area (Å²) in [5.41, 5.74) is 0.455. The lowest BCUT2D eigenvalue weighted by Gasteiger charge is -2.12. The second-order valence-electron chi connectivity index (χ2n) is 6.08. The number of rotatable bonds is 5. The first-order valence-corrected chi connectivity index (χ1v) is 9.62. The number of aromatic nitrogens is 1. The molecule has 0 fully saturated rings. The van der Waals surface area contributed by atoms with Crippen molar-refractivity contribution in [2.75, 3.05) is 6.54 Å². The Morgan fingerprint density at radius 2 is 1.82 bits per heavy atom. The topological polar surface area (TPSA) is 42.0 Å². The van der Waals surface area contributed by atoms with Crippen LogP contribution in [0.25, 0.3) is 10.6 Å². The number of alkyl halides is 3. The molecule has 3 nitrogen and oxygen atoms in total. The third-order valence-corrected chi connectivity index (χ3v) is 5.62. The molecule has 146 valence electrons. The SMILES string of the molecule is Cc1nc(-c2ccc(Cl)cc2)sc1CCNC(=O)c1ccccc1C(F)(F)F. The maximum absolute atomic E-state index is 13.0. The highest BCUT2D eigenvalue weighted by atomic mass is 35.5. The molecule has 1 heterocycles. The molecule has 0 aliphatic rings. The normalized spacial score (nSPS) is 11.5. The Hall–Kier alpha value is -2.38. The first-order chi connectivity index (χ1) is 13.3. The number of benzene rings is 2. The van der Waals surface area contributed by atoms with Gasteiger partial charge in [0.25, 0.3) is 5.91 Å². The summed E-state index contributed by atoms with van der Waals surface area (Å²) in [7, 11) is 0. The van der Waals surface area contributed by atoms with Crippen molar-refractivity contribution in [3.05, 3.63) is 75.3 Å². The van der Waals surface area contributed by atoms with Crippen molar-refractivity contribution in [1.82, 2.24) is 10.3 Å². The van der Waals surface area contributed by atoms with E-state index in [1.165, 1.54) is 29.5 Å². The Morgan fingerprint density at radius 3 is 2.50 bits per heavy atom. The van der Waals surface area contributed by atoms with Gasteiger partial charge in [0.1, 0.15) is 5.01 Å². The fraction of sp³-hybridized carbons (Fsp3) is 0.200. The van der Waals surface area contributed by atoms with Gasteiger partial charge in [-0.1, -0.05) is 35.9 Å². The summed E-state index contributed by atoms with van der Waals surface area (Å²) in [5.74, 6) is -0.743. The molecule has 0 radical (unpaired) electrons. The molecule has 1 N–H and O–H groups in total. The summed E-state index contributed by atoms with van der Waals surface area (Å²) >= 11 is 7.38. The number of carbonyl (C=O) groups is 1. The van der Waals surface area contributed by atoms with Crippen LogP contribution in [0.3, 0.4) is 0 Å². The Morgan fingerprint density at radius 1 is 1.14 bits per heavy atom. The van der Waals surface area contributed by atoms with Crippen molar-refractivity contribution in [1.29, 1.82) is 0 Å². The average molecular weight is 425 g/mol. The summed E-state index contributed by atoms with van der Waals surface area (Å²) in [6.45, 7) is 2.08. The summed E-state index contributed by atoms with van der Waals surface area (Å²) in [6, 6.07) is 12.1. The second kappa shape index (κ2) is 8.32. The van der Waals surface area contributed by atoms with E-state index in [0.717, 1.165) is 27.2 Å². The molecule has 28 heavy (non-hydrogen) atoms. The monoisotopic (exact) mass is 424 g/mol. The maximum atomic E-state index is 13.0. The van der Waals surface area contributed by atoms with Gasteiger partial charge >= 0.3 is 6.18 Å². The van der Waals surface area contributed by atoms with Gasteiger partial charge < -0.3 is 5.32 Å². The zero-order valence-corrected chi connectivity index (χ0v) is 16.4. The molecule has 0 aliphatic heterocycles. The number of thiazole rings is 1. The van der Waals surface area contributed by atoms with E-state index < -0.39 is 17.6 Å². The Labute approximate surface area is 169 Å². The summed E-state index contributed by atoms with van der Waals surface area (Å²) < 4.78 is 39.1. The predicted octanol–water partition coefficient (Wildman–Crippen LogP) is 5.76. The number of amides is 1. The van der Waals surface area contributed by atoms with E-state index in [4.69, 9.17) is 11.6 Å². The minimum atomic E-state index is -4.57. The van der Waals surface area contributed by atoms with Gasteiger partial charge in [-0.3, -0.25) is 4.79 Å². The smallest absolute Gasteiger partial charge is 0.352 e. The number of carbonyl (C=O) groups excluding carboxylic acids is 1. The van der Waals surface area contributed by atoms with Gasteiger partial charge in [0.15, 0.2) is 0 Å². The fourth-order valence-electron chi connectivity index (χ4n) is 2.69. The van der Waals surface area contributed by atoms with E-state index in [0.29, 0.717) is 11.4 Å². The van der Waals surface area contributed by atoms with Crippen LogP contribution in [0.15, 0.2) is 48.5 Å². The first-order valence-electron chi connectivity index (χ1n) is 8.42. The molecule has 8 heteroatoms. The predicted molar refractivity (Wildman–Crippen MR) is 105 cm³/mol. The van der Waals surface area contributed by atoms with Gasteiger partial charge in [0, 0.05) is 28.4 Å². The highest BCUT2D eigenvalue weighted by molar-refractivity contribution is 7.15. The van der Waals surface area contributed by atoms with E-state index in [2.05, 4.69) is 10.3 Å². The Bertz CT molecular complexity index is 984. The number of hydrogen-bond donors (Lipinski definition) is 1. The molecule has 0 aliphatic carbocycles. The molecule has 1 amide bonds. The highest BCUT2D eigenvalue weighted by Crippen LogP contribution is 2.32. The standard InChI is InChI=1S/C20H16ClF3N2OS/c1-12-17(28-19(26-12)13-6-8-14(21)9-7-13)10-11-25-18(27)15-4-2-3-5-16(15)20(22,23)24/h2-9H,10-11H2,1H3,(H,25,27). The fourth-order valence-corrected chi connectivity index (χ4v) is 3.88. The zero-order valence-electron chi connectivity index (χ0n) is 14.8. The molecule has 1 aromatic heterocycles. The van der Waals surface area contributed by atoms with Crippen molar-refractivity contribution in [2.45, 2.75) is 19.5 Å². The lowest BCUT2D eigenvalue weighted by atomic mass is 10.1. The number of halogens is 4. The number of nitrogens with one attached hydrogen (secondary N) is 1. The van der Waals surface area contributed by atoms with Gasteiger partial charge in [-0.15, -0.1) is 11.3 Å². The molecule has 0 unspecified atom stereocenters. The van der Waals surface area contributed by atoms with Crippen LogP contribution in [0.5, 0.6) is 0 Å². The van der Waals surface area contributed by atoms with E-state index in [9.17, 15) is 18.0 Å². The largest absolute Gasteiger partial charge is 0.417 e. The van der Waals surface area contributed by atoms with Crippen molar-refractivity contribution in [3.8, 4) is 10.6 Å². The quantitative estimate of drug-likeness (QED) is 0.565. The molecule has 0 spiro atoms. The van der Waals surface area contributed by atoms with Gasteiger partial charge in [-0.2, -0.15) is 13.2 Å². The molecular weight excluding hydrogens is 409 g/mol. The van der Waals surface area contributed by atoms with Crippen molar-refractivity contribution >= 4 is 28.8 Å². The van der Waals surface area contributed by atoms with Crippen LogP contribution in [-0.4, -0.2) is 17.4 Å². The first kappa shape index (κ1) is 20.4. The third-order valence-electron chi connectivity index (χ3n) is 4.10. The van der Waals surface area contributed by atoms with Crippen molar-refractivity contribution in [3.63, 3.8) is 0 Å². The Kier molecular flexibility index (Phi) is 6.05. The molecular formula is C20H16ClF3N2OS. The van der Waals surface area contributed by atoms with Crippen LogP contribution < -0.4 is 5.32 Å². The van der Waals surface area contributed by atoms with Crippen LogP contribution >= 0.6 is 22.9 Å². The van der Waals surface area contributed by atoms with Gasteiger partial charge in [0.05, 0.1) is 16.8 Å². The third kappa shape index (κ3) is 4.72. The molecule has 0 bridgehead atoms. The summed E-state index contributed by atoms with van der Waals surface area (Å²) in [6.07, 6.45) is -4.09. The number of hydrogen-bond acceptors (Lipinski definition) is 3. The van der Waals surface area contributed by atoms with Crippen LogP contribution in [-0.2, 0) is 12.6 Å². The van der Waals surface area contributed by atoms with Crippen LogP contribution in [0.2, 0.25) is 5.02 Å².